The van der Waals surface area contributed by atoms with Crippen molar-refractivity contribution in [3.63, 3.8) is 0 Å². The summed E-state index contributed by atoms with van der Waals surface area (Å²) in [4.78, 5) is 55.7. The van der Waals surface area contributed by atoms with Crippen molar-refractivity contribution >= 4 is 29.3 Å². The maximum absolute atomic E-state index is 14.2. The minimum atomic E-state index is -1.20. The second kappa shape index (κ2) is 11.6. The fourth-order valence-electron chi connectivity index (χ4n) is 4.86. The Labute approximate surface area is 231 Å². The molecule has 5 rings (SSSR count). The highest BCUT2D eigenvalue weighted by Crippen LogP contribution is 2.42. The number of rotatable bonds is 8. The van der Waals surface area contributed by atoms with Gasteiger partial charge >= 0.3 is 0 Å². The average Bonchev–Trinajstić information content (AvgIpc) is 3.60. The number of anilines is 1. The van der Waals surface area contributed by atoms with Crippen molar-refractivity contribution in [3.05, 3.63) is 71.5 Å². The van der Waals surface area contributed by atoms with Crippen LogP contribution in [0.5, 0.6) is 5.75 Å². The molecular formula is C28H31N7O5. The Bertz CT molecular complexity index is 1400. The highest BCUT2D eigenvalue weighted by molar-refractivity contribution is 6.08. The third-order valence-electron chi connectivity index (χ3n) is 7.24. The molecule has 0 spiro atoms. The molecule has 3 atom stereocenters. The predicted octanol–water partition coefficient (Wildman–Crippen LogP) is 1.75. The molecule has 12 heteroatoms. The maximum Gasteiger partial charge on any atom is 0.269 e. The Morgan fingerprint density at radius 3 is 2.70 bits per heavy atom. The summed E-state index contributed by atoms with van der Waals surface area (Å²) in [7, 11) is 0. The first-order valence-electron chi connectivity index (χ1n) is 13.3. The first-order chi connectivity index (χ1) is 19.4. The zero-order chi connectivity index (χ0) is 28.2. The number of H-pyrrole nitrogens is 1. The molecule has 2 aliphatic heterocycles. The van der Waals surface area contributed by atoms with Gasteiger partial charge in [-0.3, -0.25) is 34.6 Å². The molecule has 208 valence electrons. The van der Waals surface area contributed by atoms with Gasteiger partial charge in [0.2, 0.25) is 11.8 Å². The number of aromatic amines is 1. The van der Waals surface area contributed by atoms with Gasteiger partial charge in [0.05, 0.1) is 12.2 Å². The van der Waals surface area contributed by atoms with Gasteiger partial charge in [-0.15, -0.1) is 5.10 Å². The molecule has 2 aromatic carbocycles. The van der Waals surface area contributed by atoms with Gasteiger partial charge in [-0.1, -0.05) is 55.8 Å². The van der Waals surface area contributed by atoms with Crippen molar-refractivity contribution in [1.82, 2.24) is 31.2 Å². The molecule has 0 saturated carbocycles. The zero-order valence-electron chi connectivity index (χ0n) is 22.3. The van der Waals surface area contributed by atoms with E-state index in [0.717, 1.165) is 17.0 Å². The van der Waals surface area contributed by atoms with E-state index in [4.69, 9.17) is 4.74 Å². The summed E-state index contributed by atoms with van der Waals surface area (Å²) in [5, 5.41) is 14.0. The smallest absolute Gasteiger partial charge is 0.269 e. The Morgan fingerprint density at radius 2 is 1.98 bits per heavy atom. The van der Waals surface area contributed by atoms with Crippen LogP contribution in [-0.4, -0.2) is 62.7 Å². The lowest BCUT2D eigenvalue weighted by atomic mass is 10.0. The highest BCUT2D eigenvalue weighted by atomic mass is 16.5. The van der Waals surface area contributed by atoms with Crippen LogP contribution in [0.1, 0.15) is 48.3 Å². The largest absolute Gasteiger partial charge is 0.489 e. The van der Waals surface area contributed by atoms with E-state index in [2.05, 4.69) is 26.2 Å². The summed E-state index contributed by atoms with van der Waals surface area (Å²) >= 11 is 0. The van der Waals surface area contributed by atoms with Gasteiger partial charge in [0.25, 0.3) is 11.8 Å². The van der Waals surface area contributed by atoms with Crippen LogP contribution in [0.3, 0.4) is 0 Å². The minimum absolute atomic E-state index is 0.0241. The first-order valence-corrected chi connectivity index (χ1v) is 13.3. The number of amides is 4. The third kappa shape index (κ3) is 5.37. The zero-order valence-corrected chi connectivity index (χ0v) is 22.3. The van der Waals surface area contributed by atoms with E-state index in [-0.39, 0.29) is 37.8 Å². The van der Waals surface area contributed by atoms with E-state index in [9.17, 15) is 19.2 Å². The summed E-state index contributed by atoms with van der Waals surface area (Å²) in [6, 6.07) is 11.7. The quantitative estimate of drug-likeness (QED) is 0.365. The van der Waals surface area contributed by atoms with Gasteiger partial charge < -0.3 is 10.1 Å². The number of carbonyl (C=O) groups excluding carboxylic acids is 4. The molecule has 3 heterocycles. The number of benzene rings is 2. The Hall–Kier alpha value is -4.74. The Morgan fingerprint density at radius 1 is 1.18 bits per heavy atom. The maximum atomic E-state index is 14.2. The van der Waals surface area contributed by atoms with Gasteiger partial charge in [-0.05, 0) is 29.7 Å². The fraction of sp³-hybridized carbons (Fsp3) is 0.357. The summed E-state index contributed by atoms with van der Waals surface area (Å²) < 4.78 is 6.06. The van der Waals surface area contributed by atoms with Crippen LogP contribution < -0.4 is 20.4 Å². The van der Waals surface area contributed by atoms with Crippen LogP contribution in [0, 0.1) is 5.92 Å². The SMILES string of the molecule is CC[C@H](C)CC(=O)N(NC(=O)c1ccccc1)[C@H]1COc2cccc3c2N(C1=O)[C@H](C(=O)NCc1c[nH]nn1)C3. The van der Waals surface area contributed by atoms with Crippen molar-refractivity contribution in [2.24, 2.45) is 5.92 Å². The first kappa shape index (κ1) is 26.9. The molecular weight excluding hydrogens is 514 g/mol. The summed E-state index contributed by atoms with van der Waals surface area (Å²) in [5.41, 5.74) is 4.82. The molecule has 0 radical (unpaired) electrons. The van der Waals surface area contributed by atoms with Gasteiger partial charge in [0, 0.05) is 24.6 Å². The number of ether oxygens (including phenoxy) is 1. The third-order valence-corrected chi connectivity index (χ3v) is 7.24. The van der Waals surface area contributed by atoms with E-state index in [1.54, 1.807) is 48.7 Å². The summed E-state index contributed by atoms with van der Waals surface area (Å²) in [6.07, 6.45) is 2.71. The number of nitrogens with zero attached hydrogens (tertiary/aromatic N) is 4. The van der Waals surface area contributed by atoms with Crippen LogP contribution in [0.4, 0.5) is 5.69 Å². The van der Waals surface area contributed by atoms with Crippen molar-refractivity contribution in [1.29, 1.82) is 0 Å². The fourth-order valence-corrected chi connectivity index (χ4v) is 4.86. The molecule has 40 heavy (non-hydrogen) atoms. The standard InChI is InChI=1S/C28H31N7O5/c1-3-17(2)12-24(36)35(32-26(37)18-8-5-4-6-9-18)22-16-40-23-11-7-10-19-13-21(34(25(19)23)28(22)39)27(38)29-14-20-15-30-33-31-20/h4-11,15,17,21-22H,3,12-14,16H2,1-2H3,(H,29,38)(H,32,37)(H,30,31,33)/t17-,21-,22-/m0/s1. The molecule has 12 nitrogen and oxygen atoms in total. The lowest BCUT2D eigenvalue weighted by molar-refractivity contribution is -0.144. The molecule has 0 fully saturated rings. The number of para-hydroxylation sites is 1. The molecule has 0 unspecified atom stereocenters. The predicted molar refractivity (Wildman–Crippen MR) is 144 cm³/mol. The molecule has 3 aromatic rings. The topological polar surface area (TPSA) is 150 Å². The van der Waals surface area contributed by atoms with Crippen molar-refractivity contribution in [2.45, 2.75) is 51.7 Å². The number of aromatic nitrogens is 3. The number of nitrogens with one attached hydrogen (secondary N) is 3. The van der Waals surface area contributed by atoms with Gasteiger partial charge in [0.15, 0.2) is 6.04 Å². The summed E-state index contributed by atoms with van der Waals surface area (Å²) in [6.45, 7) is 3.83. The van der Waals surface area contributed by atoms with E-state index >= 15 is 0 Å². The van der Waals surface area contributed by atoms with E-state index in [0.29, 0.717) is 22.7 Å². The van der Waals surface area contributed by atoms with Crippen LogP contribution in [-0.2, 0) is 27.3 Å². The van der Waals surface area contributed by atoms with Gasteiger partial charge in [0.1, 0.15) is 24.1 Å². The highest BCUT2D eigenvalue weighted by Gasteiger charge is 2.47. The van der Waals surface area contributed by atoms with Crippen LogP contribution in [0.25, 0.3) is 0 Å². The number of hydrazine groups is 1. The lowest BCUT2D eigenvalue weighted by Gasteiger charge is -2.33. The van der Waals surface area contributed by atoms with Gasteiger partial charge in [-0.2, -0.15) is 0 Å². The number of carbonyl (C=O) groups is 4. The lowest BCUT2D eigenvalue weighted by Crippen LogP contribution is -2.61. The molecule has 0 aliphatic carbocycles. The molecule has 3 N–H and O–H groups in total. The minimum Gasteiger partial charge on any atom is -0.489 e. The monoisotopic (exact) mass is 545 g/mol. The molecule has 2 aliphatic rings. The van der Waals surface area contributed by atoms with Crippen molar-refractivity contribution in [2.75, 3.05) is 11.5 Å². The van der Waals surface area contributed by atoms with Crippen molar-refractivity contribution in [3.8, 4) is 5.75 Å². The van der Waals surface area contributed by atoms with Crippen LogP contribution in [0.2, 0.25) is 0 Å². The Balaban J connectivity index is 1.46. The van der Waals surface area contributed by atoms with Crippen LogP contribution in [0.15, 0.2) is 54.7 Å². The van der Waals surface area contributed by atoms with E-state index in [1.807, 2.05) is 19.9 Å². The second-order valence-corrected chi connectivity index (χ2v) is 9.99. The molecule has 4 amide bonds. The number of hydrogen-bond acceptors (Lipinski definition) is 7. The molecule has 0 bridgehead atoms. The molecule has 0 saturated heterocycles. The molecule has 1 aromatic heterocycles. The Kier molecular flexibility index (Phi) is 7.76. The number of hydrogen-bond donors (Lipinski definition) is 3. The van der Waals surface area contributed by atoms with Crippen LogP contribution >= 0.6 is 0 Å². The van der Waals surface area contributed by atoms with Crippen molar-refractivity contribution < 1.29 is 23.9 Å². The second-order valence-electron chi connectivity index (χ2n) is 9.99. The summed E-state index contributed by atoms with van der Waals surface area (Å²) in [5.74, 6) is -1.39. The van der Waals surface area contributed by atoms with E-state index < -0.39 is 29.8 Å². The normalized spacial score (nSPS) is 18.2. The average molecular weight is 546 g/mol. The van der Waals surface area contributed by atoms with E-state index in [1.165, 1.54) is 4.90 Å². The van der Waals surface area contributed by atoms with Gasteiger partial charge in [-0.25, -0.2) is 5.01 Å².